The highest BCUT2D eigenvalue weighted by atomic mass is 16.5. The number of rotatable bonds is 2. The van der Waals surface area contributed by atoms with E-state index >= 15 is 0 Å². The first-order valence-corrected chi connectivity index (χ1v) is 6.40. The van der Waals surface area contributed by atoms with Crippen LogP contribution in [0.25, 0.3) is 22.2 Å². The summed E-state index contributed by atoms with van der Waals surface area (Å²) in [6.07, 6.45) is 0.829. The van der Waals surface area contributed by atoms with Crippen molar-refractivity contribution in [1.82, 2.24) is 10.1 Å². The molecule has 0 aliphatic carbocycles. The van der Waals surface area contributed by atoms with Crippen LogP contribution in [0.15, 0.2) is 28.8 Å². The van der Waals surface area contributed by atoms with Crippen LogP contribution in [0.3, 0.4) is 0 Å². The van der Waals surface area contributed by atoms with Crippen molar-refractivity contribution in [2.45, 2.75) is 20.8 Å². The van der Waals surface area contributed by atoms with E-state index in [4.69, 9.17) is 4.52 Å². The second-order valence-electron chi connectivity index (χ2n) is 4.89. The average Bonchev–Trinajstić information content (AvgIpc) is 2.77. The second kappa shape index (κ2) is 4.56. The standard InChI is InChI=1S/C16H14N2O2/c1-9-5-4-6-12-7-13(8-19)16(17-15(9)12)14-10(2)18-20-11(14)3/h4-8H,1-3H3. The third-order valence-corrected chi connectivity index (χ3v) is 3.47. The van der Waals surface area contributed by atoms with Crippen LogP contribution in [0.2, 0.25) is 0 Å². The Morgan fingerprint density at radius 2 is 2.00 bits per heavy atom. The van der Waals surface area contributed by atoms with Gasteiger partial charge >= 0.3 is 0 Å². The maximum atomic E-state index is 11.4. The van der Waals surface area contributed by atoms with Gasteiger partial charge in [0.25, 0.3) is 0 Å². The molecule has 0 aliphatic rings. The molecular formula is C16H14N2O2. The first kappa shape index (κ1) is 12.5. The number of fused-ring (bicyclic) bond motifs is 1. The lowest BCUT2D eigenvalue weighted by Crippen LogP contribution is -1.96. The van der Waals surface area contributed by atoms with Crippen LogP contribution in [-0.2, 0) is 0 Å². The molecule has 0 atom stereocenters. The van der Waals surface area contributed by atoms with Crippen LogP contribution in [-0.4, -0.2) is 16.4 Å². The Bertz CT molecular complexity index is 799. The number of carbonyl (C=O) groups is 1. The predicted molar refractivity (Wildman–Crippen MR) is 76.8 cm³/mol. The van der Waals surface area contributed by atoms with Gasteiger partial charge in [0.05, 0.1) is 22.5 Å². The fraction of sp³-hybridized carbons (Fsp3) is 0.188. The Balaban J connectivity index is 2.40. The number of aldehydes is 1. The number of benzene rings is 1. The zero-order valence-electron chi connectivity index (χ0n) is 11.6. The highest BCUT2D eigenvalue weighted by Crippen LogP contribution is 2.30. The molecule has 0 unspecified atom stereocenters. The highest BCUT2D eigenvalue weighted by Gasteiger charge is 2.17. The molecular weight excluding hydrogens is 252 g/mol. The van der Waals surface area contributed by atoms with Crippen molar-refractivity contribution < 1.29 is 9.32 Å². The van der Waals surface area contributed by atoms with Crippen LogP contribution < -0.4 is 0 Å². The quantitative estimate of drug-likeness (QED) is 0.665. The van der Waals surface area contributed by atoms with E-state index in [0.717, 1.165) is 34.0 Å². The topological polar surface area (TPSA) is 56.0 Å². The van der Waals surface area contributed by atoms with E-state index in [1.165, 1.54) is 0 Å². The van der Waals surface area contributed by atoms with E-state index in [0.29, 0.717) is 17.0 Å². The smallest absolute Gasteiger partial charge is 0.152 e. The average molecular weight is 266 g/mol. The van der Waals surface area contributed by atoms with Gasteiger partial charge in [-0.1, -0.05) is 23.4 Å². The third-order valence-electron chi connectivity index (χ3n) is 3.47. The summed E-state index contributed by atoms with van der Waals surface area (Å²) in [7, 11) is 0. The molecule has 1 aromatic carbocycles. The van der Waals surface area contributed by atoms with Gasteiger partial charge in [-0.15, -0.1) is 0 Å². The van der Waals surface area contributed by atoms with Gasteiger partial charge in [0, 0.05) is 10.9 Å². The van der Waals surface area contributed by atoms with Crippen LogP contribution in [0.1, 0.15) is 27.4 Å². The molecule has 0 saturated heterocycles. The predicted octanol–water partition coefficient (Wildman–Crippen LogP) is 3.63. The van der Waals surface area contributed by atoms with Crippen LogP contribution in [0.4, 0.5) is 0 Å². The number of pyridine rings is 1. The molecule has 20 heavy (non-hydrogen) atoms. The van der Waals surface area contributed by atoms with Crippen LogP contribution in [0.5, 0.6) is 0 Å². The minimum atomic E-state index is 0.553. The van der Waals surface area contributed by atoms with E-state index in [-0.39, 0.29) is 0 Å². The molecule has 0 saturated carbocycles. The molecule has 0 N–H and O–H groups in total. The maximum absolute atomic E-state index is 11.4. The van der Waals surface area contributed by atoms with Gasteiger partial charge in [-0.25, -0.2) is 4.98 Å². The van der Waals surface area contributed by atoms with Crippen molar-refractivity contribution >= 4 is 17.2 Å². The Kier molecular flexibility index (Phi) is 2.86. The van der Waals surface area contributed by atoms with Crippen LogP contribution in [0, 0.1) is 20.8 Å². The monoisotopic (exact) mass is 266 g/mol. The molecule has 0 aliphatic heterocycles. The molecule has 0 radical (unpaired) electrons. The molecule has 0 amide bonds. The van der Waals surface area contributed by atoms with Crippen molar-refractivity contribution in [3.63, 3.8) is 0 Å². The Labute approximate surface area is 116 Å². The van der Waals surface area contributed by atoms with E-state index < -0.39 is 0 Å². The summed E-state index contributed by atoms with van der Waals surface area (Å²) in [4.78, 5) is 16.1. The molecule has 0 fully saturated rings. The SMILES string of the molecule is Cc1noc(C)c1-c1nc2c(C)cccc2cc1C=O. The van der Waals surface area contributed by atoms with Crippen molar-refractivity contribution in [3.05, 3.63) is 46.8 Å². The van der Waals surface area contributed by atoms with Crippen molar-refractivity contribution in [1.29, 1.82) is 0 Å². The first-order chi connectivity index (χ1) is 9.61. The minimum absolute atomic E-state index is 0.553. The van der Waals surface area contributed by atoms with Gasteiger partial charge in [-0.3, -0.25) is 4.79 Å². The molecule has 3 rings (SSSR count). The van der Waals surface area contributed by atoms with Gasteiger partial charge in [0.2, 0.25) is 0 Å². The van der Waals surface area contributed by atoms with E-state index in [2.05, 4.69) is 10.1 Å². The van der Waals surface area contributed by atoms with E-state index in [1.807, 2.05) is 45.0 Å². The zero-order chi connectivity index (χ0) is 14.3. The fourth-order valence-corrected chi connectivity index (χ4v) is 2.47. The molecule has 100 valence electrons. The molecule has 2 aromatic heterocycles. The third kappa shape index (κ3) is 1.81. The lowest BCUT2D eigenvalue weighted by atomic mass is 10.0. The number of para-hydroxylation sites is 1. The van der Waals surface area contributed by atoms with Crippen molar-refractivity contribution in [2.24, 2.45) is 0 Å². The number of hydrogen-bond donors (Lipinski definition) is 0. The number of hydrogen-bond acceptors (Lipinski definition) is 4. The number of nitrogens with zero attached hydrogens (tertiary/aromatic N) is 2. The summed E-state index contributed by atoms with van der Waals surface area (Å²) < 4.78 is 5.19. The summed E-state index contributed by atoms with van der Waals surface area (Å²) in [6, 6.07) is 7.79. The first-order valence-electron chi connectivity index (χ1n) is 6.40. The lowest BCUT2D eigenvalue weighted by Gasteiger charge is -2.08. The summed E-state index contributed by atoms with van der Waals surface area (Å²) in [5.74, 6) is 0.672. The highest BCUT2D eigenvalue weighted by molar-refractivity contribution is 5.94. The normalized spacial score (nSPS) is 10.9. The van der Waals surface area contributed by atoms with Gasteiger partial charge < -0.3 is 4.52 Å². The number of aryl methyl sites for hydroxylation is 3. The summed E-state index contributed by atoms with van der Waals surface area (Å²) in [6.45, 7) is 5.69. The number of aromatic nitrogens is 2. The van der Waals surface area contributed by atoms with Crippen molar-refractivity contribution in [3.8, 4) is 11.3 Å². The second-order valence-corrected chi connectivity index (χ2v) is 4.89. The Morgan fingerprint density at radius 3 is 2.65 bits per heavy atom. The molecule has 4 heteroatoms. The minimum Gasteiger partial charge on any atom is -0.361 e. The molecule has 3 aromatic rings. The van der Waals surface area contributed by atoms with Gasteiger partial charge in [-0.2, -0.15) is 0 Å². The Morgan fingerprint density at radius 1 is 1.20 bits per heavy atom. The molecule has 2 heterocycles. The van der Waals surface area contributed by atoms with E-state index in [9.17, 15) is 4.79 Å². The summed E-state index contributed by atoms with van der Waals surface area (Å²) >= 11 is 0. The molecule has 0 bridgehead atoms. The van der Waals surface area contributed by atoms with E-state index in [1.54, 1.807) is 0 Å². The van der Waals surface area contributed by atoms with Gasteiger partial charge in [0.1, 0.15) is 5.76 Å². The zero-order valence-corrected chi connectivity index (χ0v) is 11.6. The maximum Gasteiger partial charge on any atom is 0.152 e. The van der Waals surface area contributed by atoms with Gasteiger partial charge in [-0.05, 0) is 32.4 Å². The molecule has 0 spiro atoms. The number of carbonyl (C=O) groups excluding carboxylic acids is 1. The van der Waals surface area contributed by atoms with Gasteiger partial charge in [0.15, 0.2) is 6.29 Å². The van der Waals surface area contributed by atoms with Crippen LogP contribution >= 0.6 is 0 Å². The summed E-state index contributed by atoms with van der Waals surface area (Å²) in [5, 5.41) is 4.90. The molecule has 4 nitrogen and oxygen atoms in total. The van der Waals surface area contributed by atoms with Crippen molar-refractivity contribution in [2.75, 3.05) is 0 Å². The fourth-order valence-electron chi connectivity index (χ4n) is 2.47. The summed E-state index contributed by atoms with van der Waals surface area (Å²) in [5.41, 5.74) is 4.71. The largest absolute Gasteiger partial charge is 0.361 e. The lowest BCUT2D eigenvalue weighted by molar-refractivity contribution is 0.112. The Hall–Kier alpha value is -2.49.